The van der Waals surface area contributed by atoms with Crippen LogP contribution in [0.25, 0.3) is 0 Å². The molecule has 5 heteroatoms. The molecular weight excluding hydrogens is 276 g/mol. The van der Waals surface area contributed by atoms with Gasteiger partial charge in [-0.25, -0.2) is 8.78 Å². The van der Waals surface area contributed by atoms with E-state index in [2.05, 4.69) is 5.32 Å². The van der Waals surface area contributed by atoms with Gasteiger partial charge in [0.1, 0.15) is 11.6 Å². The lowest BCUT2D eigenvalue weighted by atomic mass is 10.1. The summed E-state index contributed by atoms with van der Waals surface area (Å²) in [5, 5.41) is 3.07. The summed E-state index contributed by atoms with van der Waals surface area (Å²) in [6.45, 7) is 0.681. The predicted molar refractivity (Wildman–Crippen MR) is 76.4 cm³/mol. The topological polar surface area (TPSA) is 30.5 Å². The molecule has 0 atom stereocenters. The first-order valence-electron chi connectivity index (χ1n) is 6.50. The summed E-state index contributed by atoms with van der Waals surface area (Å²) in [6.07, 6.45) is 0. The molecular formula is C16H17F2NO2. The Labute approximate surface area is 122 Å². The van der Waals surface area contributed by atoms with Gasteiger partial charge in [-0.05, 0) is 24.3 Å². The van der Waals surface area contributed by atoms with Crippen LogP contribution >= 0.6 is 0 Å². The first-order chi connectivity index (χ1) is 10.2. The van der Waals surface area contributed by atoms with Crippen molar-refractivity contribution in [2.45, 2.75) is 13.1 Å². The van der Waals surface area contributed by atoms with Crippen molar-refractivity contribution in [1.82, 2.24) is 5.32 Å². The van der Waals surface area contributed by atoms with Crippen LogP contribution in [0.1, 0.15) is 11.1 Å². The van der Waals surface area contributed by atoms with E-state index in [9.17, 15) is 8.78 Å². The van der Waals surface area contributed by atoms with E-state index in [-0.39, 0.29) is 12.1 Å². The van der Waals surface area contributed by atoms with Crippen LogP contribution in [0.2, 0.25) is 0 Å². The highest BCUT2D eigenvalue weighted by atomic mass is 19.1. The molecule has 0 fully saturated rings. The van der Waals surface area contributed by atoms with Crippen LogP contribution < -0.4 is 14.8 Å². The summed E-state index contributed by atoms with van der Waals surface area (Å²) in [6, 6.07) is 8.94. The predicted octanol–water partition coefficient (Wildman–Crippen LogP) is 3.27. The lowest BCUT2D eigenvalue weighted by Gasteiger charge is -2.13. The molecule has 0 aliphatic heterocycles. The van der Waals surface area contributed by atoms with Crippen LogP contribution in [-0.2, 0) is 13.1 Å². The molecule has 0 bridgehead atoms. The van der Waals surface area contributed by atoms with Gasteiger partial charge >= 0.3 is 0 Å². The highest BCUT2D eigenvalue weighted by molar-refractivity contribution is 5.46. The summed E-state index contributed by atoms with van der Waals surface area (Å²) in [4.78, 5) is 0. The van der Waals surface area contributed by atoms with Gasteiger partial charge in [0.2, 0.25) is 0 Å². The maximum absolute atomic E-state index is 13.5. The summed E-state index contributed by atoms with van der Waals surface area (Å²) < 4.78 is 37.1. The second-order valence-electron chi connectivity index (χ2n) is 4.49. The Morgan fingerprint density at radius 3 is 2.43 bits per heavy atom. The van der Waals surface area contributed by atoms with E-state index >= 15 is 0 Å². The van der Waals surface area contributed by atoms with Crippen LogP contribution in [0.5, 0.6) is 11.5 Å². The average Bonchev–Trinajstić information content (AvgIpc) is 2.50. The molecule has 0 radical (unpaired) electrons. The summed E-state index contributed by atoms with van der Waals surface area (Å²) in [5.41, 5.74) is 1.17. The second kappa shape index (κ2) is 7.04. The number of halogens is 2. The van der Waals surface area contributed by atoms with Gasteiger partial charge in [0.05, 0.1) is 14.2 Å². The molecule has 0 saturated carbocycles. The molecule has 3 nitrogen and oxygen atoms in total. The lowest BCUT2D eigenvalue weighted by Crippen LogP contribution is -2.14. The van der Waals surface area contributed by atoms with E-state index < -0.39 is 11.6 Å². The van der Waals surface area contributed by atoms with Crippen molar-refractivity contribution >= 4 is 0 Å². The molecule has 0 heterocycles. The minimum Gasteiger partial charge on any atom is -0.493 e. The normalized spacial score (nSPS) is 10.5. The van der Waals surface area contributed by atoms with Gasteiger partial charge in [-0.2, -0.15) is 0 Å². The molecule has 2 aromatic carbocycles. The number of hydrogen-bond donors (Lipinski definition) is 1. The van der Waals surface area contributed by atoms with Crippen molar-refractivity contribution in [1.29, 1.82) is 0 Å². The van der Waals surface area contributed by atoms with Crippen molar-refractivity contribution in [3.63, 3.8) is 0 Å². The van der Waals surface area contributed by atoms with Crippen LogP contribution in [-0.4, -0.2) is 14.2 Å². The highest BCUT2D eigenvalue weighted by Gasteiger charge is 2.09. The van der Waals surface area contributed by atoms with Gasteiger partial charge in [0.15, 0.2) is 11.5 Å². The number of rotatable bonds is 6. The zero-order chi connectivity index (χ0) is 15.2. The minimum absolute atomic E-state index is 0.226. The van der Waals surface area contributed by atoms with Gasteiger partial charge < -0.3 is 14.8 Å². The third-order valence-electron chi connectivity index (χ3n) is 3.12. The molecule has 2 rings (SSSR count). The lowest BCUT2D eigenvalue weighted by molar-refractivity contribution is 0.350. The van der Waals surface area contributed by atoms with Gasteiger partial charge in [-0.3, -0.25) is 0 Å². The SMILES string of the molecule is COc1cccc(CNCc2cc(F)ccc2F)c1OC. The maximum atomic E-state index is 13.5. The fraction of sp³-hybridized carbons (Fsp3) is 0.250. The standard InChI is InChI=1S/C16H17F2NO2/c1-20-15-5-3-4-11(16(15)21-2)9-19-10-12-8-13(17)6-7-14(12)18/h3-8,19H,9-10H2,1-2H3. The fourth-order valence-electron chi connectivity index (χ4n) is 2.10. The molecule has 0 aromatic heterocycles. The molecule has 0 spiro atoms. The molecule has 112 valence electrons. The second-order valence-corrected chi connectivity index (χ2v) is 4.49. The zero-order valence-electron chi connectivity index (χ0n) is 12.0. The third kappa shape index (κ3) is 3.70. The first kappa shape index (κ1) is 15.3. The van der Waals surface area contributed by atoms with E-state index in [0.29, 0.717) is 18.0 Å². The minimum atomic E-state index is -0.452. The Balaban J connectivity index is 2.05. The molecule has 1 N–H and O–H groups in total. The fourth-order valence-corrected chi connectivity index (χ4v) is 2.10. The Morgan fingerprint density at radius 2 is 1.71 bits per heavy atom. The number of para-hydroxylation sites is 1. The number of methoxy groups -OCH3 is 2. The summed E-state index contributed by atoms with van der Waals surface area (Å²) in [7, 11) is 3.13. The molecule has 0 saturated heterocycles. The zero-order valence-corrected chi connectivity index (χ0v) is 12.0. The van der Waals surface area contributed by atoms with Crippen LogP contribution in [0, 0.1) is 11.6 Å². The van der Waals surface area contributed by atoms with E-state index in [1.165, 1.54) is 6.07 Å². The van der Waals surface area contributed by atoms with E-state index in [1.807, 2.05) is 12.1 Å². The Morgan fingerprint density at radius 1 is 0.952 bits per heavy atom. The van der Waals surface area contributed by atoms with Gasteiger partial charge in [-0.15, -0.1) is 0 Å². The monoisotopic (exact) mass is 293 g/mol. The third-order valence-corrected chi connectivity index (χ3v) is 3.12. The molecule has 0 aliphatic rings. The summed E-state index contributed by atoms with van der Waals surface area (Å²) >= 11 is 0. The molecule has 2 aromatic rings. The number of benzene rings is 2. The smallest absolute Gasteiger partial charge is 0.165 e. The quantitative estimate of drug-likeness (QED) is 0.886. The Bertz CT molecular complexity index is 617. The van der Waals surface area contributed by atoms with Crippen molar-refractivity contribution in [2.75, 3.05) is 14.2 Å². The van der Waals surface area contributed by atoms with E-state index in [0.717, 1.165) is 17.7 Å². The van der Waals surface area contributed by atoms with E-state index in [1.54, 1.807) is 20.3 Å². The number of ether oxygens (including phenoxy) is 2. The van der Waals surface area contributed by atoms with Crippen molar-refractivity contribution in [3.8, 4) is 11.5 Å². The van der Waals surface area contributed by atoms with Crippen molar-refractivity contribution in [3.05, 3.63) is 59.2 Å². The highest BCUT2D eigenvalue weighted by Crippen LogP contribution is 2.30. The Kier molecular flexibility index (Phi) is 5.11. The van der Waals surface area contributed by atoms with Gasteiger partial charge in [-0.1, -0.05) is 12.1 Å². The van der Waals surface area contributed by atoms with Crippen LogP contribution in [0.3, 0.4) is 0 Å². The van der Waals surface area contributed by atoms with Gasteiger partial charge in [0.25, 0.3) is 0 Å². The average molecular weight is 293 g/mol. The van der Waals surface area contributed by atoms with Gasteiger partial charge in [0, 0.05) is 24.2 Å². The molecule has 21 heavy (non-hydrogen) atoms. The first-order valence-corrected chi connectivity index (χ1v) is 6.50. The van der Waals surface area contributed by atoms with Crippen molar-refractivity contribution < 1.29 is 18.3 Å². The van der Waals surface area contributed by atoms with Crippen molar-refractivity contribution in [2.24, 2.45) is 0 Å². The number of hydrogen-bond acceptors (Lipinski definition) is 3. The molecule has 0 unspecified atom stereocenters. The molecule has 0 amide bonds. The van der Waals surface area contributed by atoms with Crippen LogP contribution in [0.4, 0.5) is 8.78 Å². The Hall–Kier alpha value is -2.14. The summed E-state index contributed by atoms with van der Waals surface area (Å²) in [5.74, 6) is 0.384. The maximum Gasteiger partial charge on any atom is 0.165 e. The van der Waals surface area contributed by atoms with Crippen LogP contribution in [0.15, 0.2) is 36.4 Å². The number of nitrogens with one attached hydrogen (secondary N) is 1. The molecule has 0 aliphatic carbocycles. The largest absolute Gasteiger partial charge is 0.493 e. The van der Waals surface area contributed by atoms with E-state index in [4.69, 9.17) is 9.47 Å².